The number of hydrogen-bond acceptors (Lipinski definition) is 3. The molecule has 0 aliphatic rings. The van der Waals surface area contributed by atoms with Gasteiger partial charge in [-0.25, -0.2) is 4.39 Å². The molecule has 4 heteroatoms. The molecule has 1 N–H and O–H groups in total. The minimum absolute atomic E-state index is 0.0247. The van der Waals surface area contributed by atoms with Gasteiger partial charge in [0, 0.05) is 0 Å². The van der Waals surface area contributed by atoms with Crippen LogP contribution in [0, 0.1) is 12.7 Å². The van der Waals surface area contributed by atoms with Crippen molar-refractivity contribution >= 4 is 11.3 Å². The third-order valence-corrected chi connectivity index (χ3v) is 4.00. The van der Waals surface area contributed by atoms with E-state index in [1.54, 1.807) is 23.5 Å². The van der Waals surface area contributed by atoms with E-state index >= 15 is 0 Å². The Morgan fingerprint density at radius 3 is 2.68 bits per heavy atom. The van der Waals surface area contributed by atoms with Crippen LogP contribution in [0.2, 0.25) is 0 Å². The molecule has 1 unspecified atom stereocenters. The van der Waals surface area contributed by atoms with Crippen molar-refractivity contribution in [3.05, 3.63) is 51.5 Å². The van der Waals surface area contributed by atoms with Crippen molar-refractivity contribution in [2.45, 2.75) is 19.9 Å². The molecule has 0 bridgehead atoms. The molecular formula is C15H18FNOS. The number of aryl methyl sites for hydroxylation is 1. The van der Waals surface area contributed by atoms with Crippen LogP contribution in [-0.2, 0) is 0 Å². The van der Waals surface area contributed by atoms with Crippen molar-refractivity contribution in [1.29, 1.82) is 0 Å². The number of methoxy groups -OCH3 is 1. The van der Waals surface area contributed by atoms with Gasteiger partial charge in [-0.3, -0.25) is 0 Å². The summed E-state index contributed by atoms with van der Waals surface area (Å²) in [4.78, 5) is 0. The molecule has 1 aromatic carbocycles. The molecule has 0 saturated carbocycles. The van der Waals surface area contributed by atoms with Crippen LogP contribution in [0.3, 0.4) is 0 Å². The van der Waals surface area contributed by atoms with Crippen LogP contribution >= 0.6 is 11.3 Å². The molecule has 0 amide bonds. The fourth-order valence-corrected chi connectivity index (χ4v) is 3.02. The molecule has 1 aromatic heterocycles. The van der Waals surface area contributed by atoms with Crippen LogP contribution in [0.4, 0.5) is 4.39 Å². The molecule has 2 nitrogen and oxygen atoms in total. The fraction of sp³-hybridized carbons (Fsp3) is 0.333. The molecule has 1 heterocycles. The Balaban J connectivity index is 2.39. The molecule has 0 fully saturated rings. The number of benzene rings is 1. The van der Waals surface area contributed by atoms with Gasteiger partial charge in [0.25, 0.3) is 0 Å². The van der Waals surface area contributed by atoms with Crippen molar-refractivity contribution in [3.63, 3.8) is 0 Å². The standard InChI is InChI=1S/C15H18FNOS/c1-4-17-15(12-9-19-8-10(12)2)11-5-6-14(18-3)13(16)7-11/h5-9,15,17H,4H2,1-3H3. The Bertz CT molecular complexity index is 553. The van der Waals surface area contributed by atoms with E-state index in [0.29, 0.717) is 0 Å². The molecule has 0 aliphatic heterocycles. The number of halogens is 1. The molecule has 0 radical (unpaired) electrons. The van der Waals surface area contributed by atoms with Crippen molar-refractivity contribution in [2.75, 3.05) is 13.7 Å². The second kappa shape index (κ2) is 6.17. The van der Waals surface area contributed by atoms with Gasteiger partial charge in [-0.2, -0.15) is 11.3 Å². The topological polar surface area (TPSA) is 21.3 Å². The van der Waals surface area contributed by atoms with Crippen LogP contribution in [-0.4, -0.2) is 13.7 Å². The zero-order valence-corrected chi connectivity index (χ0v) is 12.2. The third-order valence-electron chi connectivity index (χ3n) is 3.12. The summed E-state index contributed by atoms with van der Waals surface area (Å²) >= 11 is 1.67. The summed E-state index contributed by atoms with van der Waals surface area (Å²) < 4.78 is 18.8. The van der Waals surface area contributed by atoms with E-state index in [4.69, 9.17) is 4.74 Å². The lowest BCUT2D eigenvalue weighted by molar-refractivity contribution is 0.385. The number of ether oxygens (including phenoxy) is 1. The Kier molecular flexibility index (Phi) is 4.56. The van der Waals surface area contributed by atoms with Gasteiger partial charge in [0.2, 0.25) is 0 Å². The lowest BCUT2D eigenvalue weighted by Gasteiger charge is -2.19. The first-order valence-corrected chi connectivity index (χ1v) is 7.21. The monoisotopic (exact) mass is 279 g/mol. The van der Waals surface area contributed by atoms with Gasteiger partial charge in [0.15, 0.2) is 11.6 Å². The van der Waals surface area contributed by atoms with Crippen LogP contribution in [0.25, 0.3) is 0 Å². The van der Waals surface area contributed by atoms with E-state index in [-0.39, 0.29) is 17.6 Å². The van der Waals surface area contributed by atoms with Crippen molar-refractivity contribution in [1.82, 2.24) is 5.32 Å². The molecule has 102 valence electrons. The minimum Gasteiger partial charge on any atom is -0.494 e. The summed E-state index contributed by atoms with van der Waals surface area (Å²) in [5, 5.41) is 7.63. The molecular weight excluding hydrogens is 261 g/mol. The summed E-state index contributed by atoms with van der Waals surface area (Å²) in [6.45, 7) is 4.96. The number of nitrogens with one attached hydrogen (secondary N) is 1. The minimum atomic E-state index is -0.323. The smallest absolute Gasteiger partial charge is 0.165 e. The van der Waals surface area contributed by atoms with Gasteiger partial charge >= 0.3 is 0 Å². The Morgan fingerprint density at radius 2 is 2.16 bits per heavy atom. The van der Waals surface area contributed by atoms with Crippen molar-refractivity contribution < 1.29 is 9.13 Å². The highest BCUT2D eigenvalue weighted by molar-refractivity contribution is 7.08. The highest BCUT2D eigenvalue weighted by Crippen LogP contribution is 2.30. The molecule has 2 rings (SSSR count). The van der Waals surface area contributed by atoms with Crippen molar-refractivity contribution in [2.24, 2.45) is 0 Å². The Hall–Kier alpha value is -1.39. The lowest BCUT2D eigenvalue weighted by atomic mass is 9.98. The predicted octanol–water partition coefficient (Wildman–Crippen LogP) is 3.90. The highest BCUT2D eigenvalue weighted by atomic mass is 32.1. The number of rotatable bonds is 5. The lowest BCUT2D eigenvalue weighted by Crippen LogP contribution is -2.22. The van der Waals surface area contributed by atoms with E-state index in [1.807, 2.05) is 6.07 Å². The molecule has 19 heavy (non-hydrogen) atoms. The van der Waals surface area contributed by atoms with E-state index in [2.05, 4.69) is 29.9 Å². The summed E-state index contributed by atoms with van der Waals surface area (Å²) in [6, 6.07) is 5.16. The molecule has 1 atom stereocenters. The fourth-order valence-electron chi connectivity index (χ4n) is 2.14. The van der Waals surface area contributed by atoms with Crippen LogP contribution in [0.1, 0.15) is 29.7 Å². The Morgan fingerprint density at radius 1 is 1.37 bits per heavy atom. The van der Waals surface area contributed by atoms with Gasteiger partial charge < -0.3 is 10.1 Å². The van der Waals surface area contributed by atoms with Crippen molar-refractivity contribution in [3.8, 4) is 5.75 Å². The maximum absolute atomic E-state index is 13.8. The molecule has 0 saturated heterocycles. The average molecular weight is 279 g/mol. The molecule has 2 aromatic rings. The third kappa shape index (κ3) is 2.96. The number of thiophene rings is 1. The number of hydrogen-bond donors (Lipinski definition) is 1. The zero-order chi connectivity index (χ0) is 13.8. The summed E-state index contributed by atoms with van der Waals surface area (Å²) in [6.07, 6.45) is 0. The van der Waals surface area contributed by atoms with Gasteiger partial charge in [0.05, 0.1) is 13.2 Å². The highest BCUT2D eigenvalue weighted by Gasteiger charge is 2.17. The van der Waals surface area contributed by atoms with E-state index in [0.717, 1.165) is 12.1 Å². The first-order valence-electron chi connectivity index (χ1n) is 6.26. The van der Waals surface area contributed by atoms with Gasteiger partial charge in [-0.1, -0.05) is 13.0 Å². The second-order valence-electron chi connectivity index (χ2n) is 4.39. The Labute approximate surface area is 117 Å². The van der Waals surface area contributed by atoms with Crippen LogP contribution < -0.4 is 10.1 Å². The normalized spacial score (nSPS) is 12.4. The maximum atomic E-state index is 13.8. The molecule has 0 aliphatic carbocycles. The predicted molar refractivity (Wildman–Crippen MR) is 77.5 cm³/mol. The summed E-state index contributed by atoms with van der Waals surface area (Å²) in [7, 11) is 1.48. The van der Waals surface area contributed by atoms with Gasteiger partial charge in [-0.15, -0.1) is 0 Å². The van der Waals surface area contributed by atoms with Crippen LogP contribution in [0.5, 0.6) is 5.75 Å². The van der Waals surface area contributed by atoms with E-state index in [1.165, 1.54) is 18.2 Å². The molecule has 0 spiro atoms. The second-order valence-corrected chi connectivity index (χ2v) is 5.14. The first-order chi connectivity index (χ1) is 9.17. The average Bonchev–Trinajstić information content (AvgIpc) is 2.82. The van der Waals surface area contributed by atoms with Crippen LogP contribution in [0.15, 0.2) is 29.0 Å². The summed E-state index contributed by atoms with van der Waals surface area (Å²) in [5.41, 5.74) is 3.35. The maximum Gasteiger partial charge on any atom is 0.165 e. The van der Waals surface area contributed by atoms with E-state index < -0.39 is 0 Å². The SMILES string of the molecule is CCNC(c1ccc(OC)c(F)c1)c1cscc1C. The largest absolute Gasteiger partial charge is 0.494 e. The van der Waals surface area contributed by atoms with Gasteiger partial charge in [-0.05, 0) is 53.1 Å². The first kappa shape index (κ1) is 14.0. The van der Waals surface area contributed by atoms with Gasteiger partial charge in [0.1, 0.15) is 0 Å². The summed E-state index contributed by atoms with van der Waals surface area (Å²) in [5.74, 6) is -0.0446. The zero-order valence-electron chi connectivity index (χ0n) is 11.4. The van der Waals surface area contributed by atoms with E-state index in [9.17, 15) is 4.39 Å². The quantitative estimate of drug-likeness (QED) is 0.896.